The van der Waals surface area contributed by atoms with Gasteiger partial charge in [0.15, 0.2) is 0 Å². The van der Waals surface area contributed by atoms with Crippen LogP contribution in [0.1, 0.15) is 16.8 Å². The number of hydrogen-bond acceptors (Lipinski definition) is 3. The number of aromatic amines is 1. The number of ether oxygens (including phenoxy) is 1. The fraction of sp³-hybridized carbons (Fsp3) is 0.250. The zero-order valence-electron chi connectivity index (χ0n) is 14.5. The normalized spacial score (nSPS) is 14.2. The molecule has 26 heavy (non-hydrogen) atoms. The van der Waals surface area contributed by atoms with Crippen LogP contribution in [0.3, 0.4) is 0 Å². The van der Waals surface area contributed by atoms with Gasteiger partial charge >= 0.3 is 0 Å². The van der Waals surface area contributed by atoms with Crippen LogP contribution in [0.4, 0.5) is 0 Å². The molecule has 134 valence electrons. The van der Waals surface area contributed by atoms with Gasteiger partial charge in [0.05, 0.1) is 18.5 Å². The monoisotopic (exact) mass is 369 g/mol. The van der Waals surface area contributed by atoms with Crippen LogP contribution >= 0.6 is 11.6 Å². The second-order valence-electron chi connectivity index (χ2n) is 6.50. The molecule has 1 aliphatic rings. The molecule has 0 amide bonds. The summed E-state index contributed by atoms with van der Waals surface area (Å²) >= 11 is 6.08. The van der Waals surface area contributed by atoms with Gasteiger partial charge in [-0.1, -0.05) is 29.8 Å². The Balaban J connectivity index is 1.59. The summed E-state index contributed by atoms with van der Waals surface area (Å²) in [5.74, 6) is 0.726. The summed E-state index contributed by atoms with van der Waals surface area (Å²) in [5, 5.41) is 4.03. The van der Waals surface area contributed by atoms with Gasteiger partial charge < -0.3 is 4.74 Å². The molecule has 6 heteroatoms. The molecular weight excluding hydrogens is 350 g/mol. The number of benzene rings is 2. The molecule has 5 nitrogen and oxygen atoms in total. The number of fused-ring (bicyclic) bond motifs is 1. The first-order valence-corrected chi connectivity index (χ1v) is 8.96. The molecule has 0 fully saturated rings. The van der Waals surface area contributed by atoms with Crippen molar-refractivity contribution in [3.63, 3.8) is 0 Å². The molecular formula is C20H20ClN3O2. The van der Waals surface area contributed by atoms with Gasteiger partial charge in [0, 0.05) is 36.3 Å². The van der Waals surface area contributed by atoms with Crippen molar-refractivity contribution in [2.45, 2.75) is 19.5 Å². The Bertz CT molecular complexity index is 993. The third-order valence-electron chi connectivity index (χ3n) is 4.74. The van der Waals surface area contributed by atoms with Gasteiger partial charge in [0.2, 0.25) is 0 Å². The summed E-state index contributed by atoms with van der Waals surface area (Å²) in [6, 6.07) is 15.4. The predicted octanol–water partition coefficient (Wildman–Crippen LogP) is 3.39. The smallest absolute Gasteiger partial charge is 0.274 e. The summed E-state index contributed by atoms with van der Waals surface area (Å²) in [4.78, 5) is 15.1. The molecule has 2 heterocycles. The molecule has 1 aromatic heterocycles. The van der Waals surface area contributed by atoms with E-state index in [-0.39, 0.29) is 5.56 Å². The molecule has 0 spiro atoms. The number of aromatic nitrogens is 2. The van der Waals surface area contributed by atoms with E-state index in [2.05, 4.69) is 16.1 Å². The molecule has 0 saturated carbocycles. The van der Waals surface area contributed by atoms with E-state index in [4.69, 9.17) is 16.3 Å². The Labute approximate surface area is 156 Å². The van der Waals surface area contributed by atoms with E-state index in [1.54, 1.807) is 11.8 Å². The van der Waals surface area contributed by atoms with Crippen molar-refractivity contribution in [2.75, 3.05) is 13.7 Å². The van der Waals surface area contributed by atoms with Crippen LogP contribution < -0.4 is 10.3 Å². The zero-order valence-corrected chi connectivity index (χ0v) is 15.3. The van der Waals surface area contributed by atoms with Crippen molar-refractivity contribution < 1.29 is 4.74 Å². The van der Waals surface area contributed by atoms with E-state index in [1.165, 1.54) is 5.56 Å². The van der Waals surface area contributed by atoms with E-state index < -0.39 is 0 Å². The standard InChI is InChI=1S/C20H20ClN3O2/c1-26-17-7-3-6-16(11-17)24-20(25)18-8-9-23(13-19(18)22-24)12-14-4-2-5-15(21)10-14/h2-7,10-11,22H,8-9,12-13H2,1H3. The molecule has 4 rings (SSSR count). The van der Waals surface area contributed by atoms with E-state index in [0.29, 0.717) is 6.54 Å². The number of H-pyrrole nitrogens is 1. The topological polar surface area (TPSA) is 50.3 Å². The SMILES string of the molecule is COc1cccc(-n2[nH]c3c(c2=O)CCN(Cc2cccc(Cl)c2)C3)c1. The molecule has 0 atom stereocenters. The summed E-state index contributed by atoms with van der Waals surface area (Å²) in [7, 11) is 1.62. The van der Waals surface area contributed by atoms with E-state index in [9.17, 15) is 4.79 Å². The molecule has 2 aromatic carbocycles. The van der Waals surface area contributed by atoms with Gasteiger partial charge in [-0.3, -0.25) is 14.8 Å². The van der Waals surface area contributed by atoms with Crippen molar-refractivity contribution in [2.24, 2.45) is 0 Å². The minimum absolute atomic E-state index is 0.0238. The molecule has 0 bridgehead atoms. The number of halogens is 1. The third-order valence-corrected chi connectivity index (χ3v) is 4.97. The van der Waals surface area contributed by atoms with Gasteiger partial charge in [0.1, 0.15) is 5.75 Å². The van der Waals surface area contributed by atoms with Gasteiger partial charge in [-0.25, -0.2) is 4.68 Å². The minimum atomic E-state index is 0.0238. The lowest BCUT2D eigenvalue weighted by atomic mass is 10.1. The third kappa shape index (κ3) is 3.28. The van der Waals surface area contributed by atoms with Crippen molar-refractivity contribution in [1.29, 1.82) is 0 Å². The van der Waals surface area contributed by atoms with Gasteiger partial charge in [0.25, 0.3) is 5.56 Å². The van der Waals surface area contributed by atoms with Crippen molar-refractivity contribution in [3.8, 4) is 11.4 Å². The zero-order chi connectivity index (χ0) is 18.1. The highest BCUT2D eigenvalue weighted by Gasteiger charge is 2.23. The summed E-state index contributed by atoms with van der Waals surface area (Å²) in [6.07, 6.45) is 0.738. The summed E-state index contributed by atoms with van der Waals surface area (Å²) in [5.41, 5.74) is 3.83. The average molecular weight is 370 g/mol. The largest absolute Gasteiger partial charge is 0.497 e. The maximum absolute atomic E-state index is 12.8. The predicted molar refractivity (Wildman–Crippen MR) is 102 cm³/mol. The lowest BCUT2D eigenvalue weighted by Crippen LogP contribution is -2.31. The van der Waals surface area contributed by atoms with Crippen LogP contribution in [0.25, 0.3) is 5.69 Å². The maximum atomic E-state index is 12.8. The molecule has 0 saturated heterocycles. The first-order chi connectivity index (χ1) is 12.6. The highest BCUT2D eigenvalue weighted by atomic mass is 35.5. The number of hydrogen-bond donors (Lipinski definition) is 1. The highest BCUT2D eigenvalue weighted by Crippen LogP contribution is 2.21. The molecule has 3 aromatic rings. The molecule has 1 N–H and O–H groups in total. The minimum Gasteiger partial charge on any atom is -0.497 e. The number of rotatable bonds is 4. The number of nitrogens with zero attached hydrogens (tertiary/aromatic N) is 2. The molecule has 0 radical (unpaired) electrons. The first-order valence-electron chi connectivity index (χ1n) is 8.58. The summed E-state index contributed by atoms with van der Waals surface area (Å²) < 4.78 is 6.87. The van der Waals surface area contributed by atoms with E-state index >= 15 is 0 Å². The van der Waals surface area contributed by atoms with Crippen LogP contribution in [-0.2, 0) is 19.5 Å². The van der Waals surface area contributed by atoms with Gasteiger partial charge in [-0.2, -0.15) is 0 Å². The van der Waals surface area contributed by atoms with Crippen LogP contribution in [0.15, 0.2) is 53.3 Å². The average Bonchev–Trinajstić information content (AvgIpc) is 2.98. The lowest BCUT2D eigenvalue weighted by molar-refractivity contribution is 0.242. The summed E-state index contributed by atoms with van der Waals surface area (Å²) in [6.45, 7) is 2.38. The second kappa shape index (κ2) is 7.02. The van der Waals surface area contributed by atoms with Crippen LogP contribution in [0.2, 0.25) is 5.02 Å². The Morgan fingerprint density at radius 3 is 2.85 bits per heavy atom. The van der Waals surface area contributed by atoms with Gasteiger partial charge in [-0.15, -0.1) is 0 Å². The molecule has 1 aliphatic heterocycles. The van der Waals surface area contributed by atoms with Crippen molar-refractivity contribution in [1.82, 2.24) is 14.7 Å². The highest BCUT2D eigenvalue weighted by molar-refractivity contribution is 6.30. The van der Waals surface area contributed by atoms with Crippen LogP contribution in [-0.4, -0.2) is 28.3 Å². The first kappa shape index (κ1) is 16.9. The fourth-order valence-electron chi connectivity index (χ4n) is 3.44. The Morgan fingerprint density at radius 2 is 2.04 bits per heavy atom. The van der Waals surface area contributed by atoms with Crippen molar-refractivity contribution in [3.05, 3.63) is 80.7 Å². The van der Waals surface area contributed by atoms with E-state index in [1.807, 2.05) is 42.5 Å². The Hall–Kier alpha value is -2.50. The molecule has 0 unspecified atom stereocenters. The quantitative estimate of drug-likeness (QED) is 0.767. The van der Waals surface area contributed by atoms with Crippen molar-refractivity contribution >= 4 is 11.6 Å². The van der Waals surface area contributed by atoms with Gasteiger partial charge in [-0.05, 0) is 36.2 Å². The maximum Gasteiger partial charge on any atom is 0.274 e. The van der Waals surface area contributed by atoms with E-state index in [0.717, 1.165) is 47.2 Å². The van der Waals surface area contributed by atoms with Crippen LogP contribution in [0.5, 0.6) is 5.75 Å². The Kier molecular flexibility index (Phi) is 4.57. The number of methoxy groups -OCH3 is 1. The lowest BCUT2D eigenvalue weighted by Gasteiger charge is -2.26. The fourth-order valence-corrected chi connectivity index (χ4v) is 3.65. The number of nitrogens with one attached hydrogen (secondary N) is 1. The molecule has 0 aliphatic carbocycles. The Morgan fingerprint density at radius 1 is 1.19 bits per heavy atom. The van der Waals surface area contributed by atoms with Crippen LogP contribution in [0, 0.1) is 0 Å². The second-order valence-corrected chi connectivity index (χ2v) is 6.94.